The summed E-state index contributed by atoms with van der Waals surface area (Å²) >= 11 is 0. The van der Waals surface area contributed by atoms with Crippen LogP contribution in [-0.2, 0) is 10.0 Å². The van der Waals surface area contributed by atoms with Crippen LogP contribution in [0.4, 0.5) is 0 Å². The molecule has 21 heavy (non-hydrogen) atoms. The van der Waals surface area contributed by atoms with Gasteiger partial charge in [0, 0.05) is 0 Å². The predicted octanol–water partition coefficient (Wildman–Crippen LogP) is 2.33. The first-order valence-electron chi connectivity index (χ1n) is 6.21. The summed E-state index contributed by atoms with van der Waals surface area (Å²) in [6.45, 7) is 3.44. The van der Waals surface area contributed by atoms with E-state index in [-0.39, 0.29) is 10.5 Å². The van der Waals surface area contributed by atoms with Gasteiger partial charge in [-0.3, -0.25) is 0 Å². The van der Waals surface area contributed by atoms with Crippen LogP contribution in [0.15, 0.2) is 45.7 Å². The molecule has 0 fully saturated rings. The molecule has 1 aromatic carbocycles. The van der Waals surface area contributed by atoms with Gasteiger partial charge in [-0.15, -0.1) is 0 Å². The van der Waals surface area contributed by atoms with Gasteiger partial charge in [0.05, 0.1) is 16.5 Å². The standard InChI is InChI=1S/C14H15NO5S/c1-9-3-8-13(20-9)10(2)15-21(18,19)12-6-4-11(5-7-12)14(16)17/h3-8,10,15H,1-2H3,(H,16,17). The molecule has 0 aliphatic heterocycles. The first kappa shape index (κ1) is 15.3. The van der Waals surface area contributed by atoms with E-state index in [1.54, 1.807) is 26.0 Å². The minimum Gasteiger partial charge on any atom is -0.478 e. The number of benzene rings is 1. The molecule has 1 aromatic heterocycles. The third kappa shape index (κ3) is 3.50. The van der Waals surface area contributed by atoms with E-state index in [2.05, 4.69) is 4.72 Å². The highest BCUT2D eigenvalue weighted by Gasteiger charge is 2.20. The predicted molar refractivity (Wildman–Crippen MR) is 75.6 cm³/mol. The van der Waals surface area contributed by atoms with E-state index >= 15 is 0 Å². The fourth-order valence-electron chi connectivity index (χ4n) is 1.82. The topological polar surface area (TPSA) is 96.6 Å². The molecule has 0 aliphatic rings. The monoisotopic (exact) mass is 309 g/mol. The minimum atomic E-state index is -3.74. The van der Waals surface area contributed by atoms with Crippen LogP contribution in [-0.4, -0.2) is 19.5 Å². The van der Waals surface area contributed by atoms with Gasteiger partial charge in [-0.25, -0.2) is 17.9 Å². The lowest BCUT2D eigenvalue weighted by Crippen LogP contribution is -2.26. The summed E-state index contributed by atoms with van der Waals surface area (Å²) in [6.07, 6.45) is 0. The lowest BCUT2D eigenvalue weighted by molar-refractivity contribution is 0.0696. The zero-order chi connectivity index (χ0) is 15.6. The number of furan rings is 1. The average molecular weight is 309 g/mol. The Bertz CT molecular complexity index is 746. The molecule has 6 nitrogen and oxygen atoms in total. The molecule has 0 saturated heterocycles. The van der Waals surface area contributed by atoms with Crippen molar-refractivity contribution in [2.24, 2.45) is 0 Å². The van der Waals surface area contributed by atoms with E-state index in [0.29, 0.717) is 11.5 Å². The van der Waals surface area contributed by atoms with Crippen molar-refractivity contribution in [3.05, 3.63) is 53.5 Å². The normalized spacial score (nSPS) is 13.0. The quantitative estimate of drug-likeness (QED) is 0.883. The molecular weight excluding hydrogens is 294 g/mol. The second-order valence-electron chi connectivity index (χ2n) is 4.62. The number of hydrogen-bond acceptors (Lipinski definition) is 4. The first-order chi connectivity index (χ1) is 9.79. The van der Waals surface area contributed by atoms with Crippen molar-refractivity contribution in [2.75, 3.05) is 0 Å². The third-order valence-corrected chi connectivity index (χ3v) is 4.49. The molecule has 0 radical (unpaired) electrons. The minimum absolute atomic E-state index is 0.00243. The third-order valence-electron chi connectivity index (χ3n) is 2.93. The molecule has 0 spiro atoms. The summed E-state index contributed by atoms with van der Waals surface area (Å²) in [6, 6.07) is 7.94. The Kier molecular flexibility index (Phi) is 4.15. The Morgan fingerprint density at radius 2 is 1.81 bits per heavy atom. The summed E-state index contributed by atoms with van der Waals surface area (Å²) in [7, 11) is -3.74. The number of sulfonamides is 1. The van der Waals surface area contributed by atoms with Gasteiger partial charge in [-0.2, -0.15) is 0 Å². The van der Waals surface area contributed by atoms with E-state index in [4.69, 9.17) is 9.52 Å². The maximum absolute atomic E-state index is 12.2. The van der Waals surface area contributed by atoms with Crippen LogP contribution in [0.3, 0.4) is 0 Å². The van der Waals surface area contributed by atoms with Gasteiger partial charge in [0.1, 0.15) is 11.5 Å². The number of aryl methyl sites for hydroxylation is 1. The van der Waals surface area contributed by atoms with Crippen LogP contribution >= 0.6 is 0 Å². The van der Waals surface area contributed by atoms with Gasteiger partial charge < -0.3 is 9.52 Å². The van der Waals surface area contributed by atoms with Crippen LogP contribution < -0.4 is 4.72 Å². The van der Waals surface area contributed by atoms with E-state index in [9.17, 15) is 13.2 Å². The molecule has 2 rings (SSSR count). The molecule has 2 N–H and O–H groups in total. The molecule has 0 amide bonds. The van der Waals surface area contributed by atoms with Crippen molar-refractivity contribution in [3.63, 3.8) is 0 Å². The molecule has 2 aromatic rings. The molecule has 112 valence electrons. The number of nitrogens with one attached hydrogen (secondary N) is 1. The van der Waals surface area contributed by atoms with Crippen molar-refractivity contribution in [1.29, 1.82) is 0 Å². The van der Waals surface area contributed by atoms with E-state index in [1.165, 1.54) is 24.3 Å². The molecule has 1 atom stereocenters. The first-order valence-corrected chi connectivity index (χ1v) is 7.70. The summed E-state index contributed by atoms with van der Waals surface area (Å²) in [5.41, 5.74) is 0.0312. The van der Waals surface area contributed by atoms with Crippen molar-refractivity contribution in [3.8, 4) is 0 Å². The van der Waals surface area contributed by atoms with Crippen molar-refractivity contribution in [2.45, 2.75) is 24.8 Å². The molecule has 1 heterocycles. The highest BCUT2D eigenvalue weighted by molar-refractivity contribution is 7.89. The zero-order valence-corrected chi connectivity index (χ0v) is 12.3. The van der Waals surface area contributed by atoms with Crippen molar-refractivity contribution < 1.29 is 22.7 Å². The largest absolute Gasteiger partial charge is 0.478 e. The van der Waals surface area contributed by atoms with E-state index < -0.39 is 22.0 Å². The van der Waals surface area contributed by atoms with Crippen molar-refractivity contribution >= 4 is 16.0 Å². The fourth-order valence-corrected chi connectivity index (χ4v) is 3.03. The Morgan fingerprint density at radius 3 is 2.29 bits per heavy atom. The van der Waals surface area contributed by atoms with E-state index in [0.717, 1.165) is 0 Å². The van der Waals surface area contributed by atoms with Crippen LogP contribution in [0.25, 0.3) is 0 Å². The molecule has 0 bridgehead atoms. The number of carboxylic acid groups (broad SMARTS) is 1. The van der Waals surface area contributed by atoms with Crippen LogP contribution in [0.5, 0.6) is 0 Å². The highest BCUT2D eigenvalue weighted by Crippen LogP contribution is 2.19. The lowest BCUT2D eigenvalue weighted by Gasteiger charge is -2.12. The van der Waals surface area contributed by atoms with Gasteiger partial charge in [0.15, 0.2) is 0 Å². The maximum atomic E-state index is 12.2. The second kappa shape index (κ2) is 5.71. The smallest absolute Gasteiger partial charge is 0.335 e. The average Bonchev–Trinajstić information content (AvgIpc) is 2.85. The summed E-state index contributed by atoms with van der Waals surface area (Å²) in [4.78, 5) is 10.8. The Labute approximate surface area is 122 Å². The SMILES string of the molecule is Cc1ccc(C(C)NS(=O)(=O)c2ccc(C(=O)O)cc2)o1. The maximum Gasteiger partial charge on any atom is 0.335 e. The number of hydrogen-bond donors (Lipinski definition) is 2. The van der Waals surface area contributed by atoms with E-state index in [1.807, 2.05) is 0 Å². The van der Waals surface area contributed by atoms with Crippen LogP contribution in [0.2, 0.25) is 0 Å². The Morgan fingerprint density at radius 1 is 1.19 bits per heavy atom. The van der Waals surface area contributed by atoms with Gasteiger partial charge in [0.25, 0.3) is 0 Å². The molecule has 0 aliphatic carbocycles. The van der Waals surface area contributed by atoms with Gasteiger partial charge in [-0.05, 0) is 50.2 Å². The van der Waals surface area contributed by atoms with Crippen LogP contribution in [0.1, 0.15) is 34.8 Å². The summed E-state index contributed by atoms with van der Waals surface area (Å²) in [5.74, 6) is 0.103. The molecule has 1 unspecified atom stereocenters. The Hall–Kier alpha value is -2.12. The summed E-state index contributed by atoms with van der Waals surface area (Å²) in [5, 5.41) is 8.80. The van der Waals surface area contributed by atoms with Gasteiger partial charge >= 0.3 is 5.97 Å². The zero-order valence-electron chi connectivity index (χ0n) is 11.5. The number of carbonyl (C=O) groups is 1. The molecular formula is C14H15NO5S. The van der Waals surface area contributed by atoms with Crippen molar-refractivity contribution in [1.82, 2.24) is 4.72 Å². The number of rotatable bonds is 5. The highest BCUT2D eigenvalue weighted by atomic mass is 32.2. The van der Waals surface area contributed by atoms with Gasteiger partial charge in [0.2, 0.25) is 10.0 Å². The second-order valence-corrected chi connectivity index (χ2v) is 6.33. The van der Waals surface area contributed by atoms with Gasteiger partial charge in [-0.1, -0.05) is 0 Å². The Balaban J connectivity index is 2.19. The molecule has 0 saturated carbocycles. The van der Waals surface area contributed by atoms with Crippen LogP contribution in [0, 0.1) is 6.92 Å². The molecule has 7 heteroatoms. The number of aromatic carboxylic acids is 1. The number of carboxylic acids is 1. The fraction of sp³-hybridized carbons (Fsp3) is 0.214. The summed E-state index contributed by atoms with van der Waals surface area (Å²) < 4.78 is 32.3. The lowest BCUT2D eigenvalue weighted by atomic mass is 10.2.